The minimum atomic E-state index is 0.0807. The third kappa shape index (κ3) is 5.73. The molecule has 2 aliphatic rings. The van der Waals surface area contributed by atoms with Crippen LogP contribution in [0.15, 0.2) is 48.5 Å². The van der Waals surface area contributed by atoms with E-state index < -0.39 is 0 Å². The highest BCUT2D eigenvalue weighted by molar-refractivity contribution is 5.80. The first-order valence-electron chi connectivity index (χ1n) is 11.4. The van der Waals surface area contributed by atoms with Crippen molar-refractivity contribution in [3.05, 3.63) is 70.8 Å². The molecule has 1 heterocycles. The number of carbonyl (C=O) groups excluding carboxylic acids is 2. The molecule has 5 heteroatoms. The lowest BCUT2D eigenvalue weighted by atomic mass is 10.0. The van der Waals surface area contributed by atoms with Crippen molar-refractivity contribution >= 4 is 11.8 Å². The molecule has 1 unspecified atom stereocenters. The van der Waals surface area contributed by atoms with Crippen LogP contribution < -0.4 is 5.32 Å². The third-order valence-electron chi connectivity index (χ3n) is 6.54. The van der Waals surface area contributed by atoms with Crippen LogP contribution in [0.1, 0.15) is 41.1 Å². The molecule has 2 aromatic rings. The number of nitrogens with one attached hydrogen (secondary N) is 1. The second kappa shape index (κ2) is 9.65. The first-order valence-corrected chi connectivity index (χ1v) is 11.4. The van der Waals surface area contributed by atoms with E-state index in [0.717, 1.165) is 24.2 Å². The number of benzene rings is 2. The summed E-state index contributed by atoms with van der Waals surface area (Å²) < 4.78 is 0. The molecule has 1 aliphatic heterocycles. The topological polar surface area (TPSA) is 52.7 Å². The molecule has 1 saturated carbocycles. The normalized spacial score (nSPS) is 17.9. The molecule has 0 radical (unpaired) electrons. The van der Waals surface area contributed by atoms with Crippen molar-refractivity contribution in [3.63, 3.8) is 0 Å². The monoisotopic (exact) mass is 419 g/mol. The van der Waals surface area contributed by atoms with Gasteiger partial charge in [-0.05, 0) is 49.3 Å². The molecular formula is C26H33N3O2. The van der Waals surface area contributed by atoms with Crippen molar-refractivity contribution in [2.75, 3.05) is 32.7 Å². The number of piperazine rings is 1. The molecule has 1 saturated heterocycles. The standard InChI is InChI=1S/C26H33N3O2/c1-19-7-9-21(10-8-19)26(22-11-12-22)27-24(30)18-28-13-15-29(16-14-28)25(31)17-23-6-4-3-5-20(23)2/h3-10,22,26H,11-18H2,1-2H3,(H,27,30). The van der Waals surface area contributed by atoms with Gasteiger partial charge in [0, 0.05) is 26.2 Å². The van der Waals surface area contributed by atoms with Crippen LogP contribution in [0.3, 0.4) is 0 Å². The first kappa shape index (κ1) is 21.6. The fraction of sp³-hybridized carbons (Fsp3) is 0.462. The molecule has 5 nitrogen and oxygen atoms in total. The largest absolute Gasteiger partial charge is 0.348 e. The molecule has 164 valence electrons. The highest BCUT2D eigenvalue weighted by atomic mass is 16.2. The van der Waals surface area contributed by atoms with E-state index in [2.05, 4.69) is 41.4 Å². The van der Waals surface area contributed by atoms with Crippen molar-refractivity contribution in [3.8, 4) is 0 Å². The quantitative estimate of drug-likeness (QED) is 0.750. The lowest BCUT2D eigenvalue weighted by molar-refractivity contribution is -0.132. The Kier molecular flexibility index (Phi) is 6.71. The molecular weight excluding hydrogens is 386 g/mol. The van der Waals surface area contributed by atoms with Crippen LogP contribution >= 0.6 is 0 Å². The summed E-state index contributed by atoms with van der Waals surface area (Å²) in [6, 6.07) is 16.7. The second-order valence-corrected chi connectivity index (χ2v) is 9.05. The van der Waals surface area contributed by atoms with Gasteiger partial charge in [0.05, 0.1) is 19.0 Å². The van der Waals surface area contributed by atoms with E-state index in [1.54, 1.807) is 0 Å². The van der Waals surface area contributed by atoms with Gasteiger partial charge in [0.1, 0.15) is 0 Å². The zero-order valence-electron chi connectivity index (χ0n) is 18.6. The fourth-order valence-corrected chi connectivity index (χ4v) is 4.34. The van der Waals surface area contributed by atoms with Crippen molar-refractivity contribution in [1.29, 1.82) is 0 Å². The molecule has 2 fully saturated rings. The van der Waals surface area contributed by atoms with E-state index >= 15 is 0 Å². The maximum atomic E-state index is 12.8. The Bertz CT molecular complexity index is 913. The van der Waals surface area contributed by atoms with Crippen LogP contribution in [0.5, 0.6) is 0 Å². The average molecular weight is 420 g/mol. The highest BCUT2D eigenvalue weighted by Crippen LogP contribution is 2.41. The Morgan fingerprint density at radius 3 is 2.29 bits per heavy atom. The number of rotatable bonds is 7. The van der Waals surface area contributed by atoms with E-state index in [-0.39, 0.29) is 17.9 Å². The van der Waals surface area contributed by atoms with Crippen molar-refractivity contribution in [2.24, 2.45) is 5.92 Å². The predicted molar refractivity (Wildman–Crippen MR) is 123 cm³/mol. The van der Waals surface area contributed by atoms with Crippen LogP contribution in [0.4, 0.5) is 0 Å². The Hall–Kier alpha value is -2.66. The van der Waals surface area contributed by atoms with Gasteiger partial charge < -0.3 is 10.2 Å². The second-order valence-electron chi connectivity index (χ2n) is 9.05. The summed E-state index contributed by atoms with van der Waals surface area (Å²) in [6.07, 6.45) is 2.81. The zero-order chi connectivity index (χ0) is 21.8. The van der Waals surface area contributed by atoms with Crippen LogP contribution in [0.25, 0.3) is 0 Å². The molecule has 1 aliphatic carbocycles. The fourth-order valence-electron chi connectivity index (χ4n) is 4.34. The summed E-state index contributed by atoms with van der Waals surface area (Å²) in [6.45, 7) is 7.38. The van der Waals surface area contributed by atoms with Crippen molar-refractivity contribution in [2.45, 2.75) is 39.2 Å². The van der Waals surface area contributed by atoms with E-state index in [1.807, 2.05) is 36.1 Å². The number of nitrogens with zero attached hydrogens (tertiary/aromatic N) is 2. The molecule has 4 rings (SSSR count). The number of aryl methyl sites for hydroxylation is 2. The van der Waals surface area contributed by atoms with Crippen molar-refractivity contribution in [1.82, 2.24) is 15.1 Å². The summed E-state index contributed by atoms with van der Waals surface area (Å²) in [4.78, 5) is 29.5. The molecule has 0 aromatic heterocycles. The van der Waals surface area contributed by atoms with E-state index in [0.29, 0.717) is 32.0 Å². The van der Waals surface area contributed by atoms with E-state index in [4.69, 9.17) is 0 Å². The van der Waals surface area contributed by atoms with Gasteiger partial charge in [-0.1, -0.05) is 54.1 Å². The zero-order valence-corrected chi connectivity index (χ0v) is 18.6. The Morgan fingerprint density at radius 1 is 0.968 bits per heavy atom. The van der Waals surface area contributed by atoms with Crippen LogP contribution in [0.2, 0.25) is 0 Å². The minimum Gasteiger partial charge on any atom is -0.348 e. The summed E-state index contributed by atoms with van der Waals surface area (Å²) in [5, 5.41) is 3.27. The highest BCUT2D eigenvalue weighted by Gasteiger charge is 2.33. The number of carbonyl (C=O) groups is 2. The Morgan fingerprint density at radius 2 is 1.65 bits per heavy atom. The van der Waals surface area contributed by atoms with E-state index in [9.17, 15) is 9.59 Å². The van der Waals surface area contributed by atoms with Gasteiger partial charge in [0.2, 0.25) is 11.8 Å². The summed E-state index contributed by atoms with van der Waals surface area (Å²) in [5.74, 6) is 0.811. The Balaban J connectivity index is 1.25. The maximum Gasteiger partial charge on any atom is 0.234 e. The summed E-state index contributed by atoms with van der Waals surface area (Å²) in [7, 11) is 0. The molecule has 0 bridgehead atoms. The van der Waals surface area contributed by atoms with Gasteiger partial charge in [-0.15, -0.1) is 0 Å². The first-order chi connectivity index (χ1) is 15.0. The van der Waals surface area contributed by atoms with Gasteiger partial charge in [-0.25, -0.2) is 0 Å². The summed E-state index contributed by atoms with van der Waals surface area (Å²) in [5.41, 5.74) is 4.69. The number of amides is 2. The van der Waals surface area contributed by atoms with Gasteiger partial charge in [-0.2, -0.15) is 0 Å². The molecule has 2 aromatic carbocycles. The lowest BCUT2D eigenvalue weighted by Gasteiger charge is -2.34. The van der Waals surface area contributed by atoms with Gasteiger partial charge in [0.25, 0.3) is 0 Å². The van der Waals surface area contributed by atoms with Crippen LogP contribution in [-0.4, -0.2) is 54.3 Å². The number of hydrogen-bond acceptors (Lipinski definition) is 3. The summed E-state index contributed by atoms with van der Waals surface area (Å²) >= 11 is 0. The lowest BCUT2D eigenvalue weighted by Crippen LogP contribution is -2.51. The van der Waals surface area contributed by atoms with Gasteiger partial charge in [-0.3, -0.25) is 14.5 Å². The maximum absolute atomic E-state index is 12.8. The SMILES string of the molecule is Cc1ccc(C(NC(=O)CN2CCN(C(=O)Cc3ccccc3C)CC2)C2CC2)cc1. The van der Waals surface area contributed by atoms with Gasteiger partial charge in [0.15, 0.2) is 0 Å². The predicted octanol–water partition coefficient (Wildman–Crippen LogP) is 3.26. The van der Waals surface area contributed by atoms with Crippen LogP contribution in [-0.2, 0) is 16.0 Å². The molecule has 2 amide bonds. The molecule has 0 spiro atoms. The van der Waals surface area contributed by atoms with Crippen molar-refractivity contribution < 1.29 is 9.59 Å². The molecule has 31 heavy (non-hydrogen) atoms. The van der Waals surface area contributed by atoms with Gasteiger partial charge >= 0.3 is 0 Å². The molecule has 1 N–H and O–H groups in total. The van der Waals surface area contributed by atoms with E-state index in [1.165, 1.54) is 24.0 Å². The molecule has 1 atom stereocenters. The smallest absolute Gasteiger partial charge is 0.234 e. The Labute approximate surface area is 185 Å². The number of hydrogen-bond donors (Lipinski definition) is 1. The van der Waals surface area contributed by atoms with Crippen LogP contribution in [0, 0.1) is 19.8 Å². The third-order valence-corrected chi connectivity index (χ3v) is 6.54. The minimum absolute atomic E-state index is 0.0807. The average Bonchev–Trinajstić information content (AvgIpc) is 3.60.